The van der Waals surface area contributed by atoms with E-state index in [0.717, 1.165) is 35.9 Å². The summed E-state index contributed by atoms with van der Waals surface area (Å²) in [4.78, 5) is 33.8. The van der Waals surface area contributed by atoms with Crippen molar-refractivity contribution in [3.05, 3.63) is 37.1 Å². The van der Waals surface area contributed by atoms with E-state index in [1.54, 1.807) is 15.9 Å². The number of nitrogens with one attached hydrogen (secondary N) is 2. The first-order valence-electron chi connectivity index (χ1n) is 7.98. The van der Waals surface area contributed by atoms with Crippen LogP contribution in [0.1, 0.15) is 36.0 Å². The molecule has 24 heavy (non-hydrogen) atoms. The van der Waals surface area contributed by atoms with E-state index in [4.69, 9.17) is 0 Å². The molecule has 0 fully saturated rings. The molecule has 1 aliphatic carbocycles. The van der Waals surface area contributed by atoms with Gasteiger partial charge in [-0.05, 0) is 31.2 Å². The van der Waals surface area contributed by atoms with Crippen LogP contribution in [0.3, 0.4) is 0 Å². The van der Waals surface area contributed by atoms with Crippen molar-refractivity contribution in [2.45, 2.75) is 50.1 Å². The molecule has 4 rings (SSSR count). The third-order valence-corrected chi connectivity index (χ3v) is 6.31. The van der Waals surface area contributed by atoms with Crippen LogP contribution in [0.4, 0.5) is 0 Å². The van der Waals surface area contributed by atoms with Crippen LogP contribution in [0, 0.1) is 0 Å². The number of H-pyrrole nitrogens is 2. The van der Waals surface area contributed by atoms with Crippen molar-refractivity contribution >= 4 is 33.3 Å². The number of thiophene rings is 1. The lowest BCUT2D eigenvalue weighted by atomic mass is 10.2. The molecule has 0 unspecified atom stereocenters. The molecule has 0 saturated heterocycles. The summed E-state index contributed by atoms with van der Waals surface area (Å²) < 4.78 is 1.61. The highest BCUT2D eigenvalue weighted by Crippen LogP contribution is 2.34. The molecule has 3 aromatic rings. The van der Waals surface area contributed by atoms with Crippen LogP contribution in [0.5, 0.6) is 0 Å². The Bertz CT molecular complexity index is 1010. The summed E-state index contributed by atoms with van der Waals surface area (Å²) in [6.45, 7) is 2.63. The predicted molar refractivity (Wildman–Crippen MR) is 95.0 cm³/mol. The highest BCUT2D eigenvalue weighted by atomic mass is 32.2. The standard InChI is InChI=1S/C15H17N5O2S2/c1-2-6-20-14(22)18-19-15(20)23-7-10-16-12(21)11-8-4-3-5-9(8)24-13(11)17-10/h2-7H2,1H3,(H,18,22)(H,16,17,21). The van der Waals surface area contributed by atoms with Gasteiger partial charge in [-0.2, -0.15) is 0 Å². The lowest BCUT2D eigenvalue weighted by Crippen LogP contribution is -2.17. The van der Waals surface area contributed by atoms with Gasteiger partial charge in [0.25, 0.3) is 5.56 Å². The van der Waals surface area contributed by atoms with Crippen LogP contribution in [-0.2, 0) is 25.1 Å². The molecule has 0 spiro atoms. The third-order valence-electron chi connectivity index (χ3n) is 4.13. The van der Waals surface area contributed by atoms with Crippen LogP contribution in [-0.4, -0.2) is 24.7 Å². The van der Waals surface area contributed by atoms with Crippen LogP contribution in [0.25, 0.3) is 10.2 Å². The minimum Gasteiger partial charge on any atom is -0.309 e. The summed E-state index contributed by atoms with van der Waals surface area (Å²) in [7, 11) is 0. The molecule has 0 aromatic carbocycles. The van der Waals surface area contributed by atoms with Gasteiger partial charge in [-0.3, -0.25) is 9.36 Å². The van der Waals surface area contributed by atoms with Gasteiger partial charge in [0, 0.05) is 11.4 Å². The van der Waals surface area contributed by atoms with Crippen molar-refractivity contribution in [1.82, 2.24) is 24.7 Å². The van der Waals surface area contributed by atoms with Crippen molar-refractivity contribution < 1.29 is 0 Å². The quantitative estimate of drug-likeness (QED) is 0.677. The highest BCUT2D eigenvalue weighted by molar-refractivity contribution is 7.98. The molecular weight excluding hydrogens is 346 g/mol. The highest BCUT2D eigenvalue weighted by Gasteiger charge is 2.21. The number of hydrogen-bond acceptors (Lipinski definition) is 6. The topological polar surface area (TPSA) is 96.4 Å². The largest absolute Gasteiger partial charge is 0.343 e. The summed E-state index contributed by atoms with van der Waals surface area (Å²) in [5, 5.41) is 7.91. The lowest BCUT2D eigenvalue weighted by molar-refractivity contribution is 0.603. The molecule has 0 aliphatic heterocycles. The molecule has 0 radical (unpaired) electrons. The van der Waals surface area contributed by atoms with E-state index >= 15 is 0 Å². The Kier molecular flexibility index (Phi) is 4.05. The Morgan fingerprint density at radius 3 is 3.04 bits per heavy atom. The molecule has 126 valence electrons. The summed E-state index contributed by atoms with van der Waals surface area (Å²) >= 11 is 3.04. The van der Waals surface area contributed by atoms with Gasteiger partial charge in [-0.1, -0.05) is 18.7 Å². The molecule has 0 bridgehead atoms. The number of thioether (sulfide) groups is 1. The third kappa shape index (κ3) is 2.61. The fraction of sp³-hybridized carbons (Fsp3) is 0.467. The fourth-order valence-electron chi connectivity index (χ4n) is 3.08. The van der Waals surface area contributed by atoms with Gasteiger partial charge in [0.15, 0.2) is 5.16 Å². The summed E-state index contributed by atoms with van der Waals surface area (Å²) in [6, 6.07) is 0. The second-order valence-corrected chi connectivity index (χ2v) is 7.83. The van der Waals surface area contributed by atoms with Crippen molar-refractivity contribution in [3.63, 3.8) is 0 Å². The van der Waals surface area contributed by atoms with E-state index in [2.05, 4.69) is 20.2 Å². The van der Waals surface area contributed by atoms with Gasteiger partial charge >= 0.3 is 5.69 Å². The van der Waals surface area contributed by atoms with Crippen LogP contribution in [0.15, 0.2) is 14.7 Å². The molecular formula is C15H17N5O2S2. The van der Waals surface area contributed by atoms with Crippen molar-refractivity contribution in [2.75, 3.05) is 0 Å². The molecule has 0 atom stereocenters. The summed E-state index contributed by atoms with van der Waals surface area (Å²) in [5.74, 6) is 1.10. The summed E-state index contributed by atoms with van der Waals surface area (Å²) in [6.07, 6.45) is 4.01. The number of aromatic nitrogens is 5. The number of aryl methyl sites for hydroxylation is 2. The monoisotopic (exact) mass is 363 g/mol. The minimum absolute atomic E-state index is 0.0528. The smallest absolute Gasteiger partial charge is 0.309 e. The van der Waals surface area contributed by atoms with Gasteiger partial charge in [0.05, 0.1) is 11.1 Å². The zero-order valence-electron chi connectivity index (χ0n) is 13.2. The van der Waals surface area contributed by atoms with Gasteiger partial charge in [0.2, 0.25) is 0 Å². The predicted octanol–water partition coefficient (Wildman–Crippen LogP) is 2.06. The van der Waals surface area contributed by atoms with Crippen molar-refractivity contribution in [1.29, 1.82) is 0 Å². The normalized spacial score (nSPS) is 13.7. The Labute approximate surface area is 145 Å². The van der Waals surface area contributed by atoms with Gasteiger partial charge in [0.1, 0.15) is 10.7 Å². The van der Waals surface area contributed by atoms with E-state index in [1.807, 2.05) is 6.92 Å². The zero-order chi connectivity index (χ0) is 16.7. The Balaban J connectivity index is 1.62. The maximum atomic E-state index is 12.4. The maximum absolute atomic E-state index is 12.4. The lowest BCUT2D eigenvalue weighted by Gasteiger charge is -2.03. The molecule has 1 aliphatic rings. The minimum atomic E-state index is -0.203. The first-order chi connectivity index (χ1) is 11.7. The SMILES string of the molecule is CCCn1c(SCc2nc3sc4c(c3c(=O)[nH]2)CCC4)n[nH]c1=O. The maximum Gasteiger partial charge on any atom is 0.343 e. The molecule has 9 heteroatoms. The van der Waals surface area contributed by atoms with Crippen LogP contribution < -0.4 is 11.2 Å². The molecule has 3 aromatic heterocycles. The van der Waals surface area contributed by atoms with Crippen LogP contribution >= 0.6 is 23.1 Å². The van der Waals surface area contributed by atoms with E-state index in [0.29, 0.717) is 23.3 Å². The molecule has 7 nitrogen and oxygen atoms in total. The second kappa shape index (κ2) is 6.21. The van der Waals surface area contributed by atoms with E-state index in [1.165, 1.54) is 22.2 Å². The first kappa shape index (κ1) is 15.6. The van der Waals surface area contributed by atoms with E-state index < -0.39 is 0 Å². The fourth-order valence-corrected chi connectivity index (χ4v) is 5.21. The number of nitrogens with zero attached hydrogens (tertiary/aromatic N) is 3. The molecule has 3 heterocycles. The molecule has 0 amide bonds. The second-order valence-electron chi connectivity index (χ2n) is 5.80. The molecule has 0 saturated carbocycles. The average Bonchev–Trinajstić information content (AvgIpc) is 3.21. The van der Waals surface area contributed by atoms with Gasteiger partial charge in [-0.25, -0.2) is 14.9 Å². The van der Waals surface area contributed by atoms with Crippen molar-refractivity contribution in [3.8, 4) is 0 Å². The summed E-state index contributed by atoms with van der Waals surface area (Å²) in [5.41, 5.74) is 0.931. The van der Waals surface area contributed by atoms with Crippen molar-refractivity contribution in [2.24, 2.45) is 0 Å². The average molecular weight is 363 g/mol. The Hall–Kier alpha value is -1.87. The van der Waals surface area contributed by atoms with Gasteiger partial charge < -0.3 is 4.98 Å². The number of rotatable bonds is 5. The van der Waals surface area contributed by atoms with E-state index in [9.17, 15) is 9.59 Å². The first-order valence-corrected chi connectivity index (χ1v) is 9.79. The van der Waals surface area contributed by atoms with E-state index in [-0.39, 0.29) is 11.2 Å². The van der Waals surface area contributed by atoms with Gasteiger partial charge in [-0.15, -0.1) is 16.4 Å². The molecule has 2 N–H and O–H groups in total. The number of fused-ring (bicyclic) bond motifs is 3. The zero-order valence-corrected chi connectivity index (χ0v) is 14.9. The Morgan fingerprint density at radius 1 is 1.33 bits per heavy atom. The number of hydrogen-bond donors (Lipinski definition) is 2. The number of aromatic amines is 2. The Morgan fingerprint density at radius 2 is 2.21 bits per heavy atom. The van der Waals surface area contributed by atoms with Crippen LogP contribution in [0.2, 0.25) is 0 Å².